The zero-order chi connectivity index (χ0) is 20.5. The monoisotopic (exact) mass is 415 g/mol. The van der Waals surface area contributed by atoms with Gasteiger partial charge in [-0.15, -0.1) is 0 Å². The second-order valence-electron chi connectivity index (χ2n) is 7.67. The molecular formula is C21H25N3O4S. The molecule has 0 bridgehead atoms. The number of piperidine rings is 1. The number of nitrogens with two attached hydrogens (primary N) is 1. The zero-order valence-electron chi connectivity index (χ0n) is 16.1. The van der Waals surface area contributed by atoms with E-state index >= 15 is 0 Å². The molecule has 2 heterocycles. The summed E-state index contributed by atoms with van der Waals surface area (Å²) in [6, 6.07) is 15.6. The molecular weight excluding hydrogens is 390 g/mol. The molecule has 0 saturated carbocycles. The first kappa shape index (κ1) is 19.9. The average molecular weight is 416 g/mol. The van der Waals surface area contributed by atoms with Crippen molar-refractivity contribution in [3.63, 3.8) is 0 Å². The Morgan fingerprint density at radius 2 is 1.83 bits per heavy atom. The summed E-state index contributed by atoms with van der Waals surface area (Å²) in [6.07, 6.45) is 1.97. The summed E-state index contributed by atoms with van der Waals surface area (Å²) < 4.78 is 30.4. The summed E-state index contributed by atoms with van der Waals surface area (Å²) in [5.41, 5.74) is 2.34. The minimum atomic E-state index is -3.71. The molecule has 1 amide bonds. The largest absolute Gasteiger partial charge is 0.492 e. The summed E-state index contributed by atoms with van der Waals surface area (Å²) >= 11 is 0. The molecule has 29 heavy (non-hydrogen) atoms. The molecule has 2 aliphatic rings. The molecule has 2 aromatic carbocycles. The maximum atomic E-state index is 12.9. The van der Waals surface area contributed by atoms with Gasteiger partial charge in [0.2, 0.25) is 0 Å². The van der Waals surface area contributed by atoms with Crippen LogP contribution in [0.1, 0.15) is 34.3 Å². The Labute approximate surface area is 171 Å². The van der Waals surface area contributed by atoms with Crippen molar-refractivity contribution in [2.24, 2.45) is 5.14 Å². The minimum absolute atomic E-state index is 0.173. The molecule has 0 atom stereocenters. The Morgan fingerprint density at radius 1 is 1.10 bits per heavy atom. The first-order chi connectivity index (χ1) is 13.9. The van der Waals surface area contributed by atoms with Gasteiger partial charge >= 0.3 is 0 Å². The molecule has 4 rings (SSSR count). The Kier molecular flexibility index (Phi) is 5.33. The molecule has 3 N–H and O–H groups in total. The van der Waals surface area contributed by atoms with Crippen molar-refractivity contribution in [2.75, 3.05) is 26.2 Å². The standard InChI is InChI=1S/C21H25N3O4S/c22-29(26,27)24-12-10-21(11-13-24,17-6-2-1-3-7-17)15-23-20(25)18-8-4-5-16-9-14-28-19(16)18/h1-8H,9-15H2,(H,23,25)(H2,22,26,27). The summed E-state index contributed by atoms with van der Waals surface area (Å²) in [4.78, 5) is 12.9. The second kappa shape index (κ2) is 7.78. The van der Waals surface area contributed by atoms with E-state index in [9.17, 15) is 13.2 Å². The summed E-state index contributed by atoms with van der Waals surface area (Å²) in [7, 11) is -3.71. The smallest absolute Gasteiger partial charge is 0.276 e. The van der Waals surface area contributed by atoms with Crippen LogP contribution in [0.3, 0.4) is 0 Å². The highest BCUT2D eigenvalue weighted by atomic mass is 32.2. The number of rotatable bonds is 5. The number of amides is 1. The molecule has 154 valence electrons. The minimum Gasteiger partial charge on any atom is -0.492 e. The molecule has 0 aliphatic carbocycles. The highest BCUT2D eigenvalue weighted by Crippen LogP contribution is 2.36. The van der Waals surface area contributed by atoms with E-state index in [-0.39, 0.29) is 11.3 Å². The lowest BCUT2D eigenvalue weighted by molar-refractivity contribution is 0.0929. The summed E-state index contributed by atoms with van der Waals surface area (Å²) in [6.45, 7) is 1.66. The van der Waals surface area contributed by atoms with E-state index in [0.29, 0.717) is 50.4 Å². The van der Waals surface area contributed by atoms with E-state index < -0.39 is 10.2 Å². The van der Waals surface area contributed by atoms with E-state index in [1.807, 2.05) is 42.5 Å². The number of ether oxygens (including phenoxy) is 1. The fraction of sp³-hybridized carbons (Fsp3) is 0.381. The maximum Gasteiger partial charge on any atom is 0.276 e. The molecule has 2 aliphatic heterocycles. The molecule has 1 fully saturated rings. The van der Waals surface area contributed by atoms with Crippen molar-refractivity contribution in [3.05, 3.63) is 65.2 Å². The quantitative estimate of drug-likeness (QED) is 0.774. The van der Waals surface area contributed by atoms with Crippen LogP contribution in [0, 0.1) is 0 Å². The number of nitrogens with one attached hydrogen (secondary N) is 1. The second-order valence-corrected chi connectivity index (χ2v) is 9.21. The fourth-order valence-electron chi connectivity index (χ4n) is 4.27. The van der Waals surface area contributed by atoms with Crippen molar-refractivity contribution in [1.82, 2.24) is 9.62 Å². The van der Waals surface area contributed by atoms with Crippen LogP contribution in [-0.4, -0.2) is 44.9 Å². The third-order valence-electron chi connectivity index (χ3n) is 5.97. The van der Waals surface area contributed by atoms with E-state index in [4.69, 9.17) is 9.88 Å². The van der Waals surface area contributed by atoms with Gasteiger partial charge in [-0.1, -0.05) is 42.5 Å². The normalized spacial score (nSPS) is 18.7. The number of para-hydroxylation sites is 1. The molecule has 1 saturated heterocycles. The van der Waals surface area contributed by atoms with Crippen LogP contribution in [0.15, 0.2) is 48.5 Å². The Balaban J connectivity index is 1.54. The van der Waals surface area contributed by atoms with Gasteiger partial charge in [0.05, 0.1) is 12.2 Å². The third kappa shape index (κ3) is 4.01. The van der Waals surface area contributed by atoms with Crippen LogP contribution in [-0.2, 0) is 22.0 Å². The van der Waals surface area contributed by atoms with E-state index in [1.165, 1.54) is 4.31 Å². The maximum absolute atomic E-state index is 12.9. The molecule has 0 aromatic heterocycles. The Bertz CT molecular complexity index is 1000. The fourth-order valence-corrected chi connectivity index (χ4v) is 4.96. The van der Waals surface area contributed by atoms with Gasteiger partial charge in [0, 0.05) is 31.5 Å². The number of benzene rings is 2. The van der Waals surface area contributed by atoms with Crippen molar-refractivity contribution >= 4 is 16.1 Å². The van der Waals surface area contributed by atoms with Crippen LogP contribution in [0.5, 0.6) is 5.75 Å². The number of carbonyl (C=O) groups excluding carboxylic acids is 1. The van der Waals surface area contributed by atoms with E-state index in [2.05, 4.69) is 5.32 Å². The van der Waals surface area contributed by atoms with Gasteiger partial charge < -0.3 is 10.1 Å². The van der Waals surface area contributed by atoms with Crippen LogP contribution in [0.2, 0.25) is 0 Å². The number of nitrogens with zero attached hydrogens (tertiary/aromatic N) is 1. The van der Waals surface area contributed by atoms with E-state index in [0.717, 1.165) is 17.5 Å². The molecule has 7 nitrogen and oxygen atoms in total. The van der Waals surface area contributed by atoms with Crippen molar-refractivity contribution in [1.29, 1.82) is 0 Å². The summed E-state index contributed by atoms with van der Waals surface area (Å²) in [5.74, 6) is 0.496. The third-order valence-corrected chi connectivity index (χ3v) is 7.06. The lowest BCUT2D eigenvalue weighted by atomic mass is 9.73. The van der Waals surface area contributed by atoms with Gasteiger partial charge in [-0.25, -0.2) is 5.14 Å². The van der Waals surface area contributed by atoms with Gasteiger partial charge in [0.1, 0.15) is 5.75 Å². The zero-order valence-corrected chi connectivity index (χ0v) is 17.0. The molecule has 0 radical (unpaired) electrons. The van der Waals surface area contributed by atoms with Crippen LogP contribution >= 0.6 is 0 Å². The molecule has 0 unspecified atom stereocenters. The van der Waals surface area contributed by atoms with E-state index in [1.54, 1.807) is 6.07 Å². The SMILES string of the molecule is NS(=O)(=O)N1CCC(CNC(=O)c2cccc3c2OCC3)(c2ccccc2)CC1. The number of hydrogen-bond donors (Lipinski definition) is 2. The molecule has 2 aromatic rings. The molecule has 8 heteroatoms. The Hall–Kier alpha value is -2.42. The highest BCUT2D eigenvalue weighted by molar-refractivity contribution is 7.86. The summed E-state index contributed by atoms with van der Waals surface area (Å²) in [5, 5.41) is 8.38. The molecule has 0 spiro atoms. The predicted octanol–water partition coefficient (Wildman–Crippen LogP) is 1.59. The number of carbonyl (C=O) groups is 1. The van der Waals surface area contributed by atoms with Gasteiger partial charge in [0.25, 0.3) is 16.1 Å². The van der Waals surface area contributed by atoms with Gasteiger partial charge in [0.15, 0.2) is 0 Å². The number of fused-ring (bicyclic) bond motifs is 1. The first-order valence-corrected chi connectivity index (χ1v) is 11.3. The van der Waals surface area contributed by atoms with Gasteiger partial charge in [-0.2, -0.15) is 12.7 Å². The van der Waals surface area contributed by atoms with Crippen molar-refractivity contribution < 1.29 is 17.9 Å². The lowest BCUT2D eigenvalue weighted by Crippen LogP contribution is -2.51. The average Bonchev–Trinajstić information content (AvgIpc) is 3.21. The van der Waals surface area contributed by atoms with Crippen LogP contribution < -0.4 is 15.2 Å². The van der Waals surface area contributed by atoms with Crippen LogP contribution in [0.25, 0.3) is 0 Å². The van der Waals surface area contributed by atoms with Crippen molar-refractivity contribution in [2.45, 2.75) is 24.7 Å². The lowest BCUT2D eigenvalue weighted by Gasteiger charge is -2.41. The van der Waals surface area contributed by atoms with Crippen LogP contribution in [0.4, 0.5) is 0 Å². The topological polar surface area (TPSA) is 102 Å². The van der Waals surface area contributed by atoms with Crippen molar-refractivity contribution in [3.8, 4) is 5.75 Å². The highest BCUT2D eigenvalue weighted by Gasteiger charge is 2.39. The first-order valence-electron chi connectivity index (χ1n) is 9.75. The van der Waals surface area contributed by atoms with Gasteiger partial charge in [-0.3, -0.25) is 4.79 Å². The predicted molar refractivity (Wildman–Crippen MR) is 110 cm³/mol. The Morgan fingerprint density at radius 3 is 2.52 bits per heavy atom. The van der Waals surface area contributed by atoms with Gasteiger partial charge in [-0.05, 0) is 30.0 Å². The number of hydrogen-bond acceptors (Lipinski definition) is 4.